The van der Waals surface area contributed by atoms with E-state index >= 15 is 0 Å². The summed E-state index contributed by atoms with van der Waals surface area (Å²) < 4.78 is 4.64. The fourth-order valence-corrected chi connectivity index (χ4v) is 5.72. The molecule has 0 N–H and O–H groups in total. The number of fused-ring (bicyclic) bond motifs is 2. The number of ketones is 1. The number of piperidine rings is 1. The van der Waals surface area contributed by atoms with Crippen molar-refractivity contribution < 1.29 is 14.3 Å². The third kappa shape index (κ3) is 4.67. The lowest BCUT2D eigenvalue weighted by Gasteiger charge is -2.30. The smallest absolute Gasteiger partial charge is 0.330 e. The van der Waals surface area contributed by atoms with Gasteiger partial charge in [0.15, 0.2) is 5.78 Å². The van der Waals surface area contributed by atoms with E-state index in [1.54, 1.807) is 17.4 Å². The molecular formula is C29H27NO3S. The van der Waals surface area contributed by atoms with E-state index in [1.165, 1.54) is 35.5 Å². The van der Waals surface area contributed by atoms with Crippen molar-refractivity contribution in [1.82, 2.24) is 4.90 Å². The van der Waals surface area contributed by atoms with Crippen molar-refractivity contribution in [2.24, 2.45) is 0 Å². The van der Waals surface area contributed by atoms with Crippen LogP contribution in [-0.2, 0) is 22.5 Å². The van der Waals surface area contributed by atoms with Gasteiger partial charge in [-0.05, 0) is 58.2 Å². The number of hydrogen-bond donors (Lipinski definition) is 0. The Morgan fingerprint density at radius 3 is 2.56 bits per heavy atom. The van der Waals surface area contributed by atoms with Crippen LogP contribution in [0.15, 0.2) is 71.6 Å². The first-order valence-electron chi connectivity index (χ1n) is 11.6. The van der Waals surface area contributed by atoms with Crippen LogP contribution in [0.3, 0.4) is 0 Å². The highest BCUT2D eigenvalue weighted by atomic mass is 32.1. The van der Waals surface area contributed by atoms with E-state index in [4.69, 9.17) is 0 Å². The van der Waals surface area contributed by atoms with E-state index in [-0.39, 0.29) is 11.8 Å². The highest BCUT2D eigenvalue weighted by Crippen LogP contribution is 2.40. The third-order valence-corrected chi connectivity index (χ3v) is 7.59. The van der Waals surface area contributed by atoms with E-state index in [0.717, 1.165) is 54.0 Å². The SMILES string of the molecule is COC(=O)C=Cc1ccc(CN2CCC(=C3c4ccccc4CC(=O)c4sccc43)CC2)cc1. The largest absolute Gasteiger partial charge is 0.466 e. The van der Waals surface area contributed by atoms with E-state index < -0.39 is 0 Å². The average Bonchev–Trinajstić information content (AvgIpc) is 3.31. The second-order valence-corrected chi connectivity index (χ2v) is 9.69. The topological polar surface area (TPSA) is 46.6 Å². The van der Waals surface area contributed by atoms with Gasteiger partial charge in [0, 0.05) is 37.7 Å². The normalized spacial score (nSPS) is 16.3. The third-order valence-electron chi connectivity index (χ3n) is 6.64. The molecule has 172 valence electrons. The summed E-state index contributed by atoms with van der Waals surface area (Å²) in [6, 6.07) is 18.8. The summed E-state index contributed by atoms with van der Waals surface area (Å²) in [5.74, 6) is -0.118. The summed E-state index contributed by atoms with van der Waals surface area (Å²) in [5.41, 5.74) is 8.48. The van der Waals surface area contributed by atoms with Gasteiger partial charge < -0.3 is 4.74 Å². The van der Waals surface area contributed by atoms with Gasteiger partial charge in [0.05, 0.1) is 12.0 Å². The van der Waals surface area contributed by atoms with E-state index in [2.05, 4.69) is 51.4 Å². The highest BCUT2D eigenvalue weighted by molar-refractivity contribution is 7.12. The maximum absolute atomic E-state index is 12.9. The minimum absolute atomic E-state index is 0.232. The van der Waals surface area contributed by atoms with Gasteiger partial charge in [0.1, 0.15) is 0 Å². The fraction of sp³-hybridized carbons (Fsp3) is 0.241. The number of methoxy groups -OCH3 is 1. The van der Waals surface area contributed by atoms with Crippen LogP contribution in [0, 0.1) is 0 Å². The number of Topliss-reactive ketones (excluding diaryl/α,β-unsaturated/α-hetero) is 1. The molecule has 0 amide bonds. The van der Waals surface area contributed by atoms with Crippen molar-refractivity contribution in [3.63, 3.8) is 0 Å². The second-order valence-electron chi connectivity index (χ2n) is 8.77. The average molecular weight is 470 g/mol. The standard InChI is InChI=1S/C29H27NO3S/c1-33-27(32)11-10-20-6-8-21(9-7-20)19-30-15-12-22(13-16-30)28-24-5-3-2-4-23(24)18-26(31)29-25(28)14-17-34-29/h2-11,14,17H,12-13,15-16,18-19H2,1H3. The van der Waals surface area contributed by atoms with Gasteiger partial charge in [0.25, 0.3) is 0 Å². The molecule has 1 aromatic heterocycles. The first kappa shape index (κ1) is 22.5. The predicted molar refractivity (Wildman–Crippen MR) is 137 cm³/mol. The molecule has 2 aliphatic rings. The first-order valence-corrected chi connectivity index (χ1v) is 12.5. The Kier molecular flexibility index (Phi) is 6.57. The number of thiophene rings is 1. The summed E-state index contributed by atoms with van der Waals surface area (Å²) in [4.78, 5) is 27.6. The molecule has 0 spiro atoms. The molecule has 2 aromatic carbocycles. The quantitative estimate of drug-likeness (QED) is 0.359. The zero-order valence-corrected chi connectivity index (χ0v) is 20.1. The zero-order chi connectivity index (χ0) is 23.5. The van der Waals surface area contributed by atoms with Gasteiger partial charge in [-0.2, -0.15) is 0 Å². The van der Waals surface area contributed by atoms with Crippen LogP contribution in [0.25, 0.3) is 11.6 Å². The highest BCUT2D eigenvalue weighted by Gasteiger charge is 2.27. The Balaban J connectivity index is 1.32. The molecule has 0 unspecified atom stereocenters. The number of rotatable bonds is 4. The molecule has 0 atom stereocenters. The summed E-state index contributed by atoms with van der Waals surface area (Å²) in [7, 11) is 1.38. The molecule has 3 aromatic rings. The molecule has 4 nitrogen and oxygen atoms in total. The lowest BCUT2D eigenvalue weighted by molar-refractivity contribution is -0.134. The van der Waals surface area contributed by atoms with Crippen LogP contribution in [0.2, 0.25) is 0 Å². The Labute approximate surface area is 204 Å². The maximum Gasteiger partial charge on any atom is 0.330 e. The minimum atomic E-state index is -0.349. The predicted octanol–water partition coefficient (Wildman–Crippen LogP) is 5.77. The fourth-order valence-electron chi connectivity index (χ4n) is 4.88. The van der Waals surface area contributed by atoms with E-state index in [1.807, 2.05) is 18.2 Å². The number of esters is 1. The number of likely N-dealkylation sites (tertiary alicyclic amines) is 1. The minimum Gasteiger partial charge on any atom is -0.466 e. The van der Waals surface area contributed by atoms with Crippen molar-refractivity contribution in [2.45, 2.75) is 25.8 Å². The lowest BCUT2D eigenvalue weighted by Crippen LogP contribution is -2.30. The Morgan fingerprint density at radius 1 is 1.03 bits per heavy atom. The van der Waals surface area contributed by atoms with Crippen LogP contribution >= 0.6 is 11.3 Å². The number of nitrogens with zero attached hydrogens (tertiary/aromatic N) is 1. The summed E-state index contributed by atoms with van der Waals surface area (Å²) in [6.45, 7) is 2.90. The summed E-state index contributed by atoms with van der Waals surface area (Å²) >= 11 is 1.57. The van der Waals surface area contributed by atoms with Crippen LogP contribution in [-0.4, -0.2) is 36.9 Å². The molecule has 1 fully saturated rings. The summed E-state index contributed by atoms with van der Waals surface area (Å²) in [6.07, 6.45) is 5.70. The number of carbonyl (C=O) groups is 2. The Morgan fingerprint density at radius 2 is 1.79 bits per heavy atom. The van der Waals surface area contributed by atoms with Crippen LogP contribution < -0.4 is 0 Å². The lowest BCUT2D eigenvalue weighted by atomic mass is 9.87. The van der Waals surface area contributed by atoms with Crippen LogP contribution in [0.1, 0.15) is 50.3 Å². The second kappa shape index (κ2) is 9.92. The molecular weight excluding hydrogens is 442 g/mol. The van der Waals surface area contributed by atoms with Crippen LogP contribution in [0.4, 0.5) is 0 Å². The van der Waals surface area contributed by atoms with Gasteiger partial charge in [0.2, 0.25) is 0 Å². The van der Waals surface area contributed by atoms with Crippen molar-refractivity contribution in [2.75, 3.05) is 20.2 Å². The number of ether oxygens (including phenoxy) is 1. The Hall–Kier alpha value is -3.28. The van der Waals surface area contributed by atoms with Crippen molar-refractivity contribution in [3.05, 3.63) is 104 Å². The molecule has 2 heterocycles. The molecule has 1 aliphatic heterocycles. The van der Waals surface area contributed by atoms with Gasteiger partial charge in [-0.3, -0.25) is 9.69 Å². The van der Waals surface area contributed by atoms with E-state index in [9.17, 15) is 9.59 Å². The van der Waals surface area contributed by atoms with Crippen molar-refractivity contribution in [3.8, 4) is 0 Å². The monoisotopic (exact) mass is 469 g/mol. The van der Waals surface area contributed by atoms with Crippen LogP contribution in [0.5, 0.6) is 0 Å². The number of benzene rings is 2. The first-order chi connectivity index (χ1) is 16.6. The van der Waals surface area contributed by atoms with Gasteiger partial charge in [-0.25, -0.2) is 4.79 Å². The molecule has 1 aliphatic carbocycles. The molecule has 34 heavy (non-hydrogen) atoms. The maximum atomic E-state index is 12.9. The molecule has 0 saturated carbocycles. The summed E-state index contributed by atoms with van der Waals surface area (Å²) in [5, 5.41) is 2.05. The van der Waals surface area contributed by atoms with Gasteiger partial charge in [-0.15, -0.1) is 11.3 Å². The molecule has 1 saturated heterocycles. The molecule has 0 bridgehead atoms. The van der Waals surface area contributed by atoms with Gasteiger partial charge >= 0.3 is 5.97 Å². The zero-order valence-electron chi connectivity index (χ0n) is 19.3. The molecule has 5 heteroatoms. The number of carbonyl (C=O) groups excluding carboxylic acids is 2. The van der Waals surface area contributed by atoms with Gasteiger partial charge in [-0.1, -0.05) is 54.1 Å². The molecule has 0 radical (unpaired) electrons. The number of hydrogen-bond acceptors (Lipinski definition) is 5. The van der Waals surface area contributed by atoms with Crippen molar-refractivity contribution >= 4 is 34.7 Å². The van der Waals surface area contributed by atoms with Crippen molar-refractivity contribution in [1.29, 1.82) is 0 Å². The Bertz CT molecular complexity index is 1270. The molecule has 5 rings (SSSR count). The van der Waals surface area contributed by atoms with E-state index in [0.29, 0.717) is 6.42 Å².